The number of nitrogens with zero attached hydrogens (tertiary/aromatic N) is 2. The Labute approximate surface area is 180 Å². The molecule has 0 bridgehead atoms. The number of carbonyl (C=O) groups is 1. The summed E-state index contributed by atoms with van der Waals surface area (Å²) in [6.45, 7) is 6.18. The van der Waals surface area contributed by atoms with Crippen LogP contribution >= 0.6 is 11.6 Å². The second-order valence-corrected chi connectivity index (χ2v) is 8.11. The number of aryl methyl sites for hydroxylation is 1. The van der Waals surface area contributed by atoms with E-state index in [-0.39, 0.29) is 5.92 Å². The van der Waals surface area contributed by atoms with E-state index in [9.17, 15) is 4.79 Å². The van der Waals surface area contributed by atoms with E-state index >= 15 is 0 Å². The summed E-state index contributed by atoms with van der Waals surface area (Å²) in [5, 5.41) is -0.632. The highest BCUT2D eigenvalue weighted by molar-refractivity contribution is 6.30. The Balaban J connectivity index is 1.85. The number of hydrogen-bond donors (Lipinski definition) is 0. The highest BCUT2D eigenvalue weighted by atomic mass is 35.5. The average molecular weight is 417 g/mol. The molecule has 0 saturated carbocycles. The SMILES string of the molecule is CCCCCCCCc1ncc(-c2ccc(OC(=O)[C@@H](Cl)C(C)CC)cc2)cn1. The lowest BCUT2D eigenvalue weighted by molar-refractivity contribution is -0.134. The predicted octanol–water partition coefficient (Wildman–Crippen LogP) is 6.61. The smallest absolute Gasteiger partial charge is 0.329 e. The Kier molecular flexibility index (Phi) is 10.1. The van der Waals surface area contributed by atoms with Crippen LogP contribution in [0.15, 0.2) is 36.7 Å². The monoisotopic (exact) mass is 416 g/mol. The standard InChI is InChI=1S/C24H33ClN2O2/c1-4-6-7-8-9-10-11-22-26-16-20(17-27-22)19-12-14-21(15-13-19)29-24(28)23(25)18(3)5-2/h12-18,23H,4-11H2,1-3H3/t18?,23-/m0/s1. The molecule has 0 amide bonds. The van der Waals surface area contributed by atoms with Crippen LogP contribution in [0, 0.1) is 5.92 Å². The van der Waals surface area contributed by atoms with E-state index in [1.807, 2.05) is 38.4 Å². The molecule has 29 heavy (non-hydrogen) atoms. The summed E-state index contributed by atoms with van der Waals surface area (Å²) in [5.41, 5.74) is 1.93. The van der Waals surface area contributed by atoms with Crippen LogP contribution in [0.1, 0.15) is 71.5 Å². The summed E-state index contributed by atoms with van der Waals surface area (Å²) in [4.78, 5) is 21.1. The van der Waals surface area contributed by atoms with Crippen molar-refractivity contribution in [2.45, 2.75) is 77.5 Å². The minimum atomic E-state index is -0.632. The highest BCUT2D eigenvalue weighted by Crippen LogP contribution is 2.23. The lowest BCUT2D eigenvalue weighted by Crippen LogP contribution is -2.26. The molecular formula is C24H33ClN2O2. The van der Waals surface area contributed by atoms with Gasteiger partial charge in [0.25, 0.3) is 0 Å². The molecular weight excluding hydrogens is 384 g/mol. The number of esters is 1. The largest absolute Gasteiger partial charge is 0.425 e. The van der Waals surface area contributed by atoms with Gasteiger partial charge >= 0.3 is 5.97 Å². The maximum atomic E-state index is 12.1. The summed E-state index contributed by atoms with van der Waals surface area (Å²) in [6, 6.07) is 7.36. The number of rotatable bonds is 12. The number of hydrogen-bond acceptors (Lipinski definition) is 4. The number of halogens is 1. The first-order chi connectivity index (χ1) is 14.0. The van der Waals surface area contributed by atoms with E-state index < -0.39 is 11.3 Å². The maximum Gasteiger partial charge on any atom is 0.329 e. The number of carbonyl (C=O) groups excluding carboxylic acids is 1. The Hall–Kier alpha value is -1.94. The van der Waals surface area contributed by atoms with Crippen molar-refractivity contribution in [3.63, 3.8) is 0 Å². The van der Waals surface area contributed by atoms with Crippen LogP contribution in [-0.2, 0) is 11.2 Å². The van der Waals surface area contributed by atoms with E-state index in [0.29, 0.717) is 5.75 Å². The van der Waals surface area contributed by atoms with Gasteiger partial charge in [0.1, 0.15) is 17.0 Å². The van der Waals surface area contributed by atoms with Crippen molar-refractivity contribution in [2.75, 3.05) is 0 Å². The Bertz CT molecular complexity index is 732. The topological polar surface area (TPSA) is 52.1 Å². The minimum absolute atomic E-state index is 0.0791. The second kappa shape index (κ2) is 12.6. The molecule has 1 aromatic carbocycles. The maximum absolute atomic E-state index is 12.1. The lowest BCUT2D eigenvalue weighted by Gasteiger charge is -2.15. The van der Waals surface area contributed by atoms with Gasteiger partial charge in [-0.1, -0.05) is 71.4 Å². The van der Waals surface area contributed by atoms with Crippen LogP contribution in [0.3, 0.4) is 0 Å². The molecule has 0 spiro atoms. The summed E-state index contributed by atoms with van der Waals surface area (Å²) < 4.78 is 5.39. The first-order valence-corrected chi connectivity index (χ1v) is 11.3. The first kappa shape index (κ1) is 23.3. The third-order valence-electron chi connectivity index (χ3n) is 5.23. The van der Waals surface area contributed by atoms with Gasteiger partial charge in [0.15, 0.2) is 0 Å². The van der Waals surface area contributed by atoms with E-state index in [1.54, 1.807) is 12.1 Å². The third kappa shape index (κ3) is 7.77. The average Bonchev–Trinajstić information content (AvgIpc) is 2.76. The van der Waals surface area contributed by atoms with Crippen LogP contribution in [0.4, 0.5) is 0 Å². The number of benzene rings is 1. The Morgan fingerprint density at radius 1 is 0.966 bits per heavy atom. The fraction of sp³-hybridized carbons (Fsp3) is 0.542. The van der Waals surface area contributed by atoms with E-state index in [0.717, 1.165) is 36.2 Å². The molecule has 1 heterocycles. The van der Waals surface area contributed by atoms with Crippen molar-refractivity contribution in [2.24, 2.45) is 5.92 Å². The first-order valence-electron chi connectivity index (χ1n) is 10.8. The molecule has 2 rings (SSSR count). The molecule has 0 fully saturated rings. The fourth-order valence-electron chi connectivity index (χ4n) is 3.02. The van der Waals surface area contributed by atoms with Gasteiger partial charge in [0, 0.05) is 24.4 Å². The Morgan fingerprint density at radius 3 is 2.21 bits per heavy atom. The van der Waals surface area contributed by atoms with Gasteiger partial charge < -0.3 is 4.74 Å². The quantitative estimate of drug-likeness (QED) is 0.169. The molecule has 0 radical (unpaired) electrons. The number of ether oxygens (including phenoxy) is 1. The van der Waals surface area contributed by atoms with Crippen molar-refractivity contribution in [3.8, 4) is 16.9 Å². The molecule has 0 N–H and O–H groups in total. The molecule has 5 heteroatoms. The van der Waals surface area contributed by atoms with Crippen molar-refractivity contribution in [1.82, 2.24) is 9.97 Å². The zero-order valence-electron chi connectivity index (χ0n) is 17.9. The number of alkyl halides is 1. The van der Waals surface area contributed by atoms with E-state index in [2.05, 4.69) is 16.9 Å². The second-order valence-electron chi connectivity index (χ2n) is 7.64. The number of aromatic nitrogens is 2. The van der Waals surface area contributed by atoms with Gasteiger partial charge in [-0.05, 0) is 30.0 Å². The summed E-state index contributed by atoms with van der Waals surface area (Å²) in [7, 11) is 0. The lowest BCUT2D eigenvalue weighted by atomic mass is 10.1. The van der Waals surface area contributed by atoms with Gasteiger partial charge in [-0.25, -0.2) is 9.97 Å². The van der Waals surface area contributed by atoms with E-state index in [1.165, 1.54) is 32.1 Å². The van der Waals surface area contributed by atoms with Gasteiger partial charge in [-0.2, -0.15) is 0 Å². The molecule has 2 aromatic rings. The molecule has 0 saturated heterocycles. The summed E-state index contributed by atoms with van der Waals surface area (Å²) in [5.74, 6) is 1.06. The zero-order chi connectivity index (χ0) is 21.1. The summed E-state index contributed by atoms with van der Waals surface area (Å²) in [6.07, 6.45) is 13.1. The van der Waals surface area contributed by atoms with Gasteiger partial charge in [-0.15, -0.1) is 11.6 Å². The van der Waals surface area contributed by atoms with Crippen LogP contribution in [0.5, 0.6) is 5.75 Å². The molecule has 0 aliphatic carbocycles. The fourth-order valence-corrected chi connectivity index (χ4v) is 3.25. The van der Waals surface area contributed by atoms with Crippen LogP contribution in [-0.4, -0.2) is 21.3 Å². The third-order valence-corrected chi connectivity index (χ3v) is 5.84. The van der Waals surface area contributed by atoms with Crippen LogP contribution in [0.25, 0.3) is 11.1 Å². The van der Waals surface area contributed by atoms with Gasteiger partial charge in [0.2, 0.25) is 0 Å². The van der Waals surface area contributed by atoms with Crippen LogP contribution < -0.4 is 4.74 Å². The van der Waals surface area contributed by atoms with E-state index in [4.69, 9.17) is 16.3 Å². The normalized spacial score (nSPS) is 13.1. The molecule has 0 aliphatic rings. The molecule has 2 atom stereocenters. The zero-order valence-corrected chi connectivity index (χ0v) is 18.6. The number of unbranched alkanes of at least 4 members (excludes halogenated alkanes) is 5. The highest BCUT2D eigenvalue weighted by Gasteiger charge is 2.23. The van der Waals surface area contributed by atoms with Gasteiger partial charge in [0.05, 0.1) is 0 Å². The molecule has 4 nitrogen and oxygen atoms in total. The predicted molar refractivity (Wildman–Crippen MR) is 119 cm³/mol. The minimum Gasteiger partial charge on any atom is -0.425 e. The summed E-state index contributed by atoms with van der Waals surface area (Å²) >= 11 is 6.15. The van der Waals surface area contributed by atoms with Crippen molar-refractivity contribution in [3.05, 3.63) is 42.5 Å². The van der Waals surface area contributed by atoms with Crippen molar-refractivity contribution >= 4 is 17.6 Å². The molecule has 0 aliphatic heterocycles. The molecule has 158 valence electrons. The van der Waals surface area contributed by atoms with Gasteiger partial charge in [-0.3, -0.25) is 4.79 Å². The molecule has 1 unspecified atom stereocenters. The van der Waals surface area contributed by atoms with Crippen molar-refractivity contribution in [1.29, 1.82) is 0 Å². The molecule has 1 aromatic heterocycles. The van der Waals surface area contributed by atoms with Crippen molar-refractivity contribution < 1.29 is 9.53 Å². The Morgan fingerprint density at radius 2 is 1.59 bits per heavy atom. The van der Waals surface area contributed by atoms with Crippen LogP contribution in [0.2, 0.25) is 0 Å².